The first-order valence-corrected chi connectivity index (χ1v) is 15.3. The Morgan fingerprint density at radius 3 is 1.73 bits per heavy atom. The molecule has 2 heterocycles. The van der Waals surface area contributed by atoms with Crippen molar-refractivity contribution in [3.8, 4) is 11.5 Å². The lowest BCUT2D eigenvalue weighted by molar-refractivity contribution is -0.251. The summed E-state index contributed by atoms with van der Waals surface area (Å²) in [6, 6.07) is 14.1. The van der Waals surface area contributed by atoms with Crippen LogP contribution in [0.4, 0.5) is 0 Å². The zero-order valence-corrected chi connectivity index (χ0v) is 25.0. The molecule has 2 saturated heterocycles. The minimum atomic E-state index is -0.653. The summed E-state index contributed by atoms with van der Waals surface area (Å²) in [4.78, 5) is 0. The van der Waals surface area contributed by atoms with Crippen LogP contribution in [0.2, 0.25) is 0 Å². The predicted molar refractivity (Wildman–Crippen MR) is 157 cm³/mol. The third kappa shape index (κ3) is 10.5. The molecular weight excluding hydrogens is 524 g/mol. The van der Waals surface area contributed by atoms with E-state index in [1.807, 2.05) is 39.0 Å². The van der Waals surface area contributed by atoms with E-state index < -0.39 is 18.7 Å². The number of para-hydroxylation sites is 2. The van der Waals surface area contributed by atoms with Crippen LogP contribution in [-0.4, -0.2) is 57.0 Å². The fraction of sp³-hybridized carbons (Fsp3) is 0.636. The summed E-state index contributed by atoms with van der Waals surface area (Å²) in [6.07, 6.45) is 4.00. The molecule has 8 unspecified atom stereocenters. The first kappa shape index (κ1) is 33.3. The zero-order valence-electron chi connectivity index (χ0n) is 25.0. The van der Waals surface area contributed by atoms with E-state index in [0.717, 1.165) is 38.5 Å². The van der Waals surface area contributed by atoms with Crippen molar-refractivity contribution in [1.82, 2.24) is 0 Å². The standard InChI is InChI=1S/C31H44O8.C2H6/c1-20(32)9-7-11-23-19-24(38-31(37-23)27-14-4-6-16-29(27)35)12-8-10-22(33)18-25-17-21(2)36-30(39-25)26-13-3-5-15-28(26)34;1-2/h3-6,13-16,20-25,30-35H,7-12,17-19H2,1-2H3;1-2H3. The van der Waals surface area contributed by atoms with Gasteiger partial charge in [-0.25, -0.2) is 0 Å². The minimum Gasteiger partial charge on any atom is -0.507 e. The van der Waals surface area contributed by atoms with E-state index in [-0.39, 0.29) is 42.0 Å². The molecule has 0 spiro atoms. The Morgan fingerprint density at radius 1 is 0.707 bits per heavy atom. The Hall–Kier alpha value is -2.20. The van der Waals surface area contributed by atoms with E-state index >= 15 is 0 Å². The van der Waals surface area contributed by atoms with Crippen molar-refractivity contribution < 1.29 is 39.4 Å². The summed E-state index contributed by atoms with van der Waals surface area (Å²) in [7, 11) is 0. The average Bonchev–Trinajstić information content (AvgIpc) is 2.94. The van der Waals surface area contributed by atoms with Gasteiger partial charge in [0.05, 0.1) is 36.6 Å². The molecule has 0 aromatic heterocycles. The Labute approximate surface area is 245 Å². The van der Waals surface area contributed by atoms with Gasteiger partial charge in [0.2, 0.25) is 0 Å². The van der Waals surface area contributed by atoms with Crippen LogP contribution in [0.15, 0.2) is 48.5 Å². The maximum atomic E-state index is 10.8. The number of hydrogen-bond acceptors (Lipinski definition) is 8. The summed E-state index contributed by atoms with van der Waals surface area (Å²) in [5.41, 5.74) is 1.22. The zero-order chi connectivity index (χ0) is 29.8. The number of benzene rings is 2. The van der Waals surface area contributed by atoms with E-state index in [0.29, 0.717) is 30.4 Å². The molecule has 0 amide bonds. The Morgan fingerprint density at radius 2 is 1.20 bits per heavy atom. The summed E-state index contributed by atoms with van der Waals surface area (Å²) in [5, 5.41) is 41.0. The second kappa shape index (κ2) is 17.0. The van der Waals surface area contributed by atoms with Crippen molar-refractivity contribution in [3.05, 3.63) is 59.7 Å². The van der Waals surface area contributed by atoms with Gasteiger partial charge in [-0.15, -0.1) is 0 Å². The Bertz CT molecular complexity index is 1010. The third-order valence-electron chi connectivity index (χ3n) is 7.55. The molecule has 4 N–H and O–H groups in total. The molecule has 2 aliphatic heterocycles. The second-order valence-electron chi connectivity index (χ2n) is 11.1. The molecule has 0 bridgehead atoms. The maximum absolute atomic E-state index is 10.8. The summed E-state index contributed by atoms with van der Waals surface area (Å²) < 4.78 is 24.5. The van der Waals surface area contributed by atoms with Gasteiger partial charge in [0.1, 0.15) is 11.5 Å². The van der Waals surface area contributed by atoms with Crippen LogP contribution in [-0.2, 0) is 18.9 Å². The van der Waals surface area contributed by atoms with Crippen LogP contribution in [0.5, 0.6) is 11.5 Å². The SMILES string of the molecule is CC.CC(O)CCCC1CC(CCCC(O)CC2CC(C)OC(c3ccccc3O)O2)OC(c2ccccc2O)O1. The Balaban J connectivity index is 0.00000226. The van der Waals surface area contributed by atoms with Crippen molar-refractivity contribution in [2.24, 2.45) is 0 Å². The van der Waals surface area contributed by atoms with Crippen LogP contribution in [0.3, 0.4) is 0 Å². The lowest BCUT2D eigenvalue weighted by Crippen LogP contribution is -2.35. The molecule has 2 aliphatic rings. The molecule has 0 saturated carbocycles. The van der Waals surface area contributed by atoms with Gasteiger partial charge in [0.15, 0.2) is 12.6 Å². The van der Waals surface area contributed by atoms with Crippen molar-refractivity contribution in [2.75, 3.05) is 0 Å². The topological polar surface area (TPSA) is 118 Å². The van der Waals surface area contributed by atoms with E-state index in [1.54, 1.807) is 37.3 Å². The third-order valence-corrected chi connectivity index (χ3v) is 7.55. The highest BCUT2D eigenvalue weighted by molar-refractivity contribution is 5.33. The van der Waals surface area contributed by atoms with Gasteiger partial charge < -0.3 is 39.4 Å². The van der Waals surface area contributed by atoms with Crippen LogP contribution in [0.25, 0.3) is 0 Å². The van der Waals surface area contributed by atoms with Crippen LogP contribution < -0.4 is 0 Å². The molecular formula is C33H50O8. The smallest absolute Gasteiger partial charge is 0.188 e. The number of hydrogen-bond donors (Lipinski definition) is 4. The summed E-state index contributed by atoms with van der Waals surface area (Å²) in [6.45, 7) is 7.78. The molecule has 0 aliphatic carbocycles. The van der Waals surface area contributed by atoms with Crippen molar-refractivity contribution >= 4 is 0 Å². The van der Waals surface area contributed by atoms with Crippen molar-refractivity contribution in [1.29, 1.82) is 0 Å². The number of ether oxygens (including phenoxy) is 4. The van der Waals surface area contributed by atoms with E-state index in [1.165, 1.54) is 0 Å². The highest BCUT2D eigenvalue weighted by atomic mass is 16.7. The van der Waals surface area contributed by atoms with Gasteiger partial charge >= 0.3 is 0 Å². The van der Waals surface area contributed by atoms with Crippen LogP contribution >= 0.6 is 0 Å². The van der Waals surface area contributed by atoms with Gasteiger partial charge in [-0.05, 0) is 77.3 Å². The monoisotopic (exact) mass is 574 g/mol. The molecule has 0 radical (unpaired) electrons. The number of phenols is 2. The van der Waals surface area contributed by atoms with Gasteiger partial charge in [-0.2, -0.15) is 0 Å². The maximum Gasteiger partial charge on any atom is 0.188 e. The highest BCUT2D eigenvalue weighted by Crippen LogP contribution is 2.38. The molecule has 2 aromatic rings. The van der Waals surface area contributed by atoms with E-state index in [9.17, 15) is 20.4 Å². The molecule has 2 aromatic carbocycles. The van der Waals surface area contributed by atoms with Crippen LogP contribution in [0, 0.1) is 0 Å². The molecule has 4 rings (SSSR count). The second-order valence-corrected chi connectivity index (χ2v) is 11.1. The molecule has 8 nitrogen and oxygen atoms in total. The number of aliphatic hydroxyl groups is 2. The van der Waals surface area contributed by atoms with Gasteiger partial charge in [-0.3, -0.25) is 0 Å². The minimum absolute atomic E-state index is 0.0273. The summed E-state index contributed by atoms with van der Waals surface area (Å²) >= 11 is 0. The average molecular weight is 575 g/mol. The number of aromatic hydroxyl groups is 2. The molecule has 41 heavy (non-hydrogen) atoms. The van der Waals surface area contributed by atoms with Gasteiger partial charge in [0.25, 0.3) is 0 Å². The fourth-order valence-corrected chi connectivity index (χ4v) is 5.52. The van der Waals surface area contributed by atoms with Crippen molar-refractivity contribution in [2.45, 2.75) is 135 Å². The molecule has 2 fully saturated rings. The predicted octanol–water partition coefficient (Wildman–Crippen LogP) is 6.66. The van der Waals surface area contributed by atoms with Gasteiger partial charge in [0, 0.05) is 17.5 Å². The van der Waals surface area contributed by atoms with Gasteiger partial charge in [-0.1, -0.05) is 50.2 Å². The van der Waals surface area contributed by atoms with E-state index in [4.69, 9.17) is 18.9 Å². The highest BCUT2D eigenvalue weighted by Gasteiger charge is 2.33. The molecule has 8 atom stereocenters. The lowest BCUT2D eigenvalue weighted by Gasteiger charge is -2.37. The normalized spacial score (nSPS) is 27.9. The number of aliphatic hydroxyl groups excluding tert-OH is 2. The first-order chi connectivity index (χ1) is 19.8. The lowest BCUT2D eigenvalue weighted by atomic mass is 9.96. The first-order valence-electron chi connectivity index (χ1n) is 15.3. The largest absolute Gasteiger partial charge is 0.507 e. The number of rotatable bonds is 12. The van der Waals surface area contributed by atoms with Crippen molar-refractivity contribution in [3.63, 3.8) is 0 Å². The fourth-order valence-electron chi connectivity index (χ4n) is 5.52. The number of phenolic OH excluding ortho intramolecular Hbond substituents is 2. The van der Waals surface area contributed by atoms with E-state index in [2.05, 4.69) is 0 Å². The van der Waals surface area contributed by atoms with Crippen LogP contribution in [0.1, 0.15) is 109 Å². The molecule has 230 valence electrons. The molecule has 8 heteroatoms. The quantitative estimate of drug-likeness (QED) is 0.222. The Kier molecular flexibility index (Phi) is 13.8. The summed E-state index contributed by atoms with van der Waals surface area (Å²) in [5.74, 6) is 0.285.